The van der Waals surface area contributed by atoms with Gasteiger partial charge in [0, 0.05) is 6.04 Å². The van der Waals surface area contributed by atoms with Crippen LogP contribution in [0.25, 0.3) is 0 Å². The minimum absolute atomic E-state index is 0.0980. The summed E-state index contributed by atoms with van der Waals surface area (Å²) >= 11 is 0. The van der Waals surface area contributed by atoms with E-state index in [1.807, 2.05) is 0 Å². The van der Waals surface area contributed by atoms with Gasteiger partial charge in [-0.3, -0.25) is 4.79 Å². The maximum Gasteiger partial charge on any atom is 0.419 e. The molecule has 0 aliphatic heterocycles. The van der Waals surface area contributed by atoms with Crippen molar-refractivity contribution < 1.29 is 27.1 Å². The Morgan fingerprint density at radius 3 is 2.58 bits per heavy atom. The topological polar surface area (TPSA) is 52.3 Å². The van der Waals surface area contributed by atoms with Crippen molar-refractivity contribution in [3.05, 3.63) is 35.1 Å². The van der Waals surface area contributed by atoms with Crippen LogP contribution in [0.1, 0.15) is 30.5 Å². The van der Waals surface area contributed by atoms with Gasteiger partial charge in [-0.1, -0.05) is 12.1 Å². The number of ether oxygens (including phenoxy) is 1. The molecule has 0 amide bonds. The highest BCUT2D eigenvalue weighted by atomic mass is 19.4. The van der Waals surface area contributed by atoms with Crippen LogP contribution in [0.5, 0.6) is 0 Å². The number of carbonyl (C=O) groups is 1. The number of rotatable bonds is 4. The first-order valence-corrected chi connectivity index (χ1v) is 5.54. The lowest BCUT2D eigenvalue weighted by Gasteiger charge is -2.18. The molecule has 0 aliphatic rings. The number of carbonyl (C=O) groups excluding carboxylic acids is 1. The fourth-order valence-electron chi connectivity index (χ4n) is 1.66. The van der Waals surface area contributed by atoms with Crippen LogP contribution in [0.3, 0.4) is 0 Å². The van der Waals surface area contributed by atoms with E-state index in [-0.39, 0.29) is 6.61 Å². The summed E-state index contributed by atoms with van der Waals surface area (Å²) in [5.74, 6) is -2.14. The summed E-state index contributed by atoms with van der Waals surface area (Å²) in [7, 11) is 0. The molecule has 7 heteroatoms. The molecule has 2 N–H and O–H groups in total. The molecular formula is C12H13F4NO2. The van der Waals surface area contributed by atoms with Crippen LogP contribution in [-0.4, -0.2) is 12.6 Å². The molecule has 0 spiro atoms. The summed E-state index contributed by atoms with van der Waals surface area (Å²) in [6, 6.07) is 1.59. The fraction of sp³-hybridized carbons (Fsp3) is 0.417. The van der Waals surface area contributed by atoms with E-state index < -0.39 is 41.6 Å². The van der Waals surface area contributed by atoms with Gasteiger partial charge in [0.15, 0.2) is 0 Å². The SMILES string of the molecule is CCOC(=O)C[C@@H](N)c1cccc(F)c1C(F)(F)F. The zero-order chi connectivity index (χ0) is 14.6. The molecule has 0 bridgehead atoms. The van der Waals surface area contributed by atoms with Crippen molar-refractivity contribution in [1.82, 2.24) is 0 Å². The van der Waals surface area contributed by atoms with Gasteiger partial charge in [-0.05, 0) is 18.6 Å². The average Bonchev–Trinajstić information content (AvgIpc) is 2.27. The lowest BCUT2D eigenvalue weighted by Crippen LogP contribution is -2.22. The number of halogens is 4. The quantitative estimate of drug-likeness (QED) is 0.681. The molecule has 0 saturated heterocycles. The molecule has 3 nitrogen and oxygen atoms in total. The van der Waals surface area contributed by atoms with E-state index in [1.54, 1.807) is 6.92 Å². The van der Waals surface area contributed by atoms with E-state index in [9.17, 15) is 22.4 Å². The molecule has 0 fully saturated rings. The summed E-state index contributed by atoms with van der Waals surface area (Å²) in [5.41, 5.74) is 3.63. The number of benzene rings is 1. The highest BCUT2D eigenvalue weighted by Crippen LogP contribution is 2.36. The van der Waals surface area contributed by atoms with Crippen molar-refractivity contribution in [3.8, 4) is 0 Å². The van der Waals surface area contributed by atoms with E-state index in [2.05, 4.69) is 4.74 Å². The van der Waals surface area contributed by atoms with Crippen LogP contribution in [0.4, 0.5) is 17.6 Å². The average molecular weight is 279 g/mol. The Morgan fingerprint density at radius 1 is 1.42 bits per heavy atom. The molecule has 0 unspecified atom stereocenters. The monoisotopic (exact) mass is 279 g/mol. The van der Waals surface area contributed by atoms with Gasteiger partial charge in [-0.15, -0.1) is 0 Å². The van der Waals surface area contributed by atoms with Gasteiger partial charge in [-0.2, -0.15) is 13.2 Å². The van der Waals surface area contributed by atoms with Crippen molar-refractivity contribution >= 4 is 5.97 Å². The fourth-order valence-corrected chi connectivity index (χ4v) is 1.66. The lowest BCUT2D eigenvalue weighted by molar-refractivity contribution is -0.145. The van der Waals surface area contributed by atoms with E-state index in [4.69, 9.17) is 5.73 Å². The molecule has 106 valence electrons. The zero-order valence-electron chi connectivity index (χ0n) is 10.1. The Labute approximate surface area is 107 Å². The van der Waals surface area contributed by atoms with Gasteiger partial charge in [0.05, 0.1) is 18.6 Å². The highest BCUT2D eigenvalue weighted by molar-refractivity contribution is 5.70. The first-order valence-electron chi connectivity index (χ1n) is 5.54. The summed E-state index contributed by atoms with van der Waals surface area (Å²) in [4.78, 5) is 11.2. The molecule has 1 rings (SSSR count). The smallest absolute Gasteiger partial charge is 0.419 e. The first-order chi connectivity index (χ1) is 8.77. The Hall–Kier alpha value is -1.63. The Bertz CT molecular complexity index is 460. The number of hydrogen-bond acceptors (Lipinski definition) is 3. The number of hydrogen-bond donors (Lipinski definition) is 1. The molecule has 0 aliphatic carbocycles. The summed E-state index contributed by atoms with van der Waals surface area (Å²) in [6.07, 6.45) is -5.31. The number of nitrogens with two attached hydrogens (primary N) is 1. The molecule has 1 aromatic carbocycles. The second-order valence-corrected chi connectivity index (χ2v) is 3.82. The van der Waals surface area contributed by atoms with Crippen LogP contribution in [-0.2, 0) is 15.7 Å². The maximum atomic E-state index is 13.3. The molecular weight excluding hydrogens is 266 g/mol. The highest BCUT2D eigenvalue weighted by Gasteiger charge is 2.38. The van der Waals surface area contributed by atoms with Gasteiger partial charge < -0.3 is 10.5 Å². The van der Waals surface area contributed by atoms with Crippen LogP contribution in [0.2, 0.25) is 0 Å². The van der Waals surface area contributed by atoms with E-state index >= 15 is 0 Å². The van der Waals surface area contributed by atoms with Gasteiger partial charge in [0.25, 0.3) is 0 Å². The number of esters is 1. The van der Waals surface area contributed by atoms with E-state index in [0.29, 0.717) is 6.07 Å². The van der Waals surface area contributed by atoms with Crippen molar-refractivity contribution in [1.29, 1.82) is 0 Å². The predicted molar refractivity (Wildman–Crippen MR) is 59.6 cm³/mol. The van der Waals surface area contributed by atoms with Crippen molar-refractivity contribution in [2.45, 2.75) is 25.6 Å². The Kier molecular flexibility index (Phi) is 4.88. The lowest BCUT2D eigenvalue weighted by atomic mass is 9.98. The molecule has 0 aromatic heterocycles. The van der Waals surface area contributed by atoms with Gasteiger partial charge in [0.1, 0.15) is 5.82 Å². The van der Waals surface area contributed by atoms with E-state index in [1.165, 1.54) is 0 Å². The number of alkyl halides is 3. The molecule has 19 heavy (non-hydrogen) atoms. The van der Waals surface area contributed by atoms with Gasteiger partial charge in [0.2, 0.25) is 0 Å². The standard InChI is InChI=1S/C12H13F4NO2/c1-2-19-10(18)6-9(17)7-4-3-5-8(13)11(7)12(14,15)16/h3-5,9H,2,6,17H2,1H3/t9-/m1/s1. The Morgan fingerprint density at radius 2 is 2.05 bits per heavy atom. The molecule has 0 radical (unpaired) electrons. The van der Waals surface area contributed by atoms with Gasteiger partial charge in [-0.25, -0.2) is 4.39 Å². The van der Waals surface area contributed by atoms with E-state index in [0.717, 1.165) is 12.1 Å². The molecule has 0 saturated carbocycles. The van der Waals surface area contributed by atoms with Crippen molar-refractivity contribution in [2.75, 3.05) is 6.61 Å². The summed E-state index contributed by atoms with van der Waals surface area (Å²) in [6.45, 7) is 1.66. The van der Waals surface area contributed by atoms with Crippen LogP contribution < -0.4 is 5.73 Å². The molecule has 0 heterocycles. The summed E-state index contributed by atoms with van der Waals surface area (Å²) < 4.78 is 56.1. The normalized spacial score (nSPS) is 13.2. The van der Waals surface area contributed by atoms with Crippen molar-refractivity contribution in [2.24, 2.45) is 5.73 Å². The maximum absolute atomic E-state index is 13.3. The third kappa shape index (κ3) is 3.92. The first kappa shape index (κ1) is 15.4. The molecule has 1 atom stereocenters. The van der Waals surface area contributed by atoms with Crippen LogP contribution in [0, 0.1) is 5.82 Å². The largest absolute Gasteiger partial charge is 0.466 e. The third-order valence-corrected chi connectivity index (χ3v) is 2.42. The van der Waals surface area contributed by atoms with Crippen LogP contribution in [0.15, 0.2) is 18.2 Å². The minimum Gasteiger partial charge on any atom is -0.466 e. The van der Waals surface area contributed by atoms with Gasteiger partial charge >= 0.3 is 12.1 Å². The summed E-state index contributed by atoms with van der Waals surface area (Å²) in [5, 5.41) is 0. The molecule has 1 aromatic rings. The second kappa shape index (κ2) is 6.01. The second-order valence-electron chi connectivity index (χ2n) is 3.82. The third-order valence-electron chi connectivity index (χ3n) is 2.42. The Balaban J connectivity index is 3.06. The van der Waals surface area contributed by atoms with Crippen molar-refractivity contribution in [3.63, 3.8) is 0 Å². The predicted octanol–water partition coefficient (Wildman–Crippen LogP) is 2.80. The minimum atomic E-state index is -4.87. The zero-order valence-corrected chi connectivity index (χ0v) is 10.1. The van der Waals surface area contributed by atoms with Crippen LogP contribution >= 0.6 is 0 Å².